The molecule has 0 bridgehead atoms. The van der Waals surface area contributed by atoms with Gasteiger partial charge in [-0.25, -0.2) is 27.9 Å². The Bertz CT molecular complexity index is 1200. The van der Waals surface area contributed by atoms with Gasteiger partial charge in [0, 0.05) is 42.7 Å². The molecule has 1 saturated heterocycles. The van der Waals surface area contributed by atoms with Gasteiger partial charge in [-0.2, -0.15) is 5.10 Å². The maximum absolute atomic E-state index is 14.5. The highest BCUT2D eigenvalue weighted by molar-refractivity contribution is 5.67. The SMILES string of the molecule is CC(C)NC(=O)O[C@H]1C[C@@H](c2cc(Nc3nccc4nc(CN5CC(F)(F)C5)cn34)n[nH]2)C[C@H]1F. The van der Waals surface area contributed by atoms with E-state index in [0.29, 0.717) is 36.1 Å². The van der Waals surface area contributed by atoms with Gasteiger partial charge in [0.2, 0.25) is 5.95 Å². The highest BCUT2D eigenvalue weighted by atomic mass is 19.3. The number of hydrogen-bond acceptors (Lipinski definition) is 7. The molecule has 0 spiro atoms. The average Bonchev–Trinajstić information content (AvgIpc) is 3.45. The molecular formula is C22H27F3N8O2. The number of aromatic nitrogens is 5. The van der Waals surface area contributed by atoms with Crippen molar-refractivity contribution in [2.75, 3.05) is 18.4 Å². The van der Waals surface area contributed by atoms with Crippen molar-refractivity contribution in [1.82, 2.24) is 34.8 Å². The molecule has 2 aliphatic rings. The normalized spacial score (nSPS) is 24.0. The van der Waals surface area contributed by atoms with E-state index in [1.165, 1.54) is 0 Å². The minimum absolute atomic E-state index is 0.0934. The number of amides is 1. The summed E-state index contributed by atoms with van der Waals surface area (Å²) in [6.45, 7) is 3.40. The van der Waals surface area contributed by atoms with E-state index in [1.54, 1.807) is 47.7 Å². The Kier molecular flexibility index (Phi) is 6.03. The van der Waals surface area contributed by atoms with Crippen LogP contribution in [0.2, 0.25) is 0 Å². The van der Waals surface area contributed by atoms with Gasteiger partial charge in [-0.1, -0.05) is 0 Å². The van der Waals surface area contributed by atoms with Crippen LogP contribution in [-0.4, -0.2) is 72.9 Å². The van der Waals surface area contributed by atoms with Crippen molar-refractivity contribution < 1.29 is 22.7 Å². The molecule has 1 aliphatic carbocycles. The van der Waals surface area contributed by atoms with Crippen molar-refractivity contribution in [3.8, 4) is 0 Å². The maximum atomic E-state index is 14.5. The van der Waals surface area contributed by atoms with Gasteiger partial charge in [-0.15, -0.1) is 0 Å². The predicted octanol–water partition coefficient (Wildman–Crippen LogP) is 3.37. The Morgan fingerprint density at radius 2 is 2.14 bits per heavy atom. The fraction of sp³-hybridized carbons (Fsp3) is 0.545. The van der Waals surface area contributed by atoms with Gasteiger partial charge in [0.1, 0.15) is 17.9 Å². The molecule has 0 aromatic carbocycles. The summed E-state index contributed by atoms with van der Waals surface area (Å²) in [7, 11) is 0. The quantitative estimate of drug-likeness (QED) is 0.464. The molecule has 3 N–H and O–H groups in total. The van der Waals surface area contributed by atoms with Gasteiger partial charge in [0.15, 0.2) is 5.82 Å². The molecule has 188 valence electrons. The Hall–Kier alpha value is -3.35. The summed E-state index contributed by atoms with van der Waals surface area (Å²) in [5.74, 6) is -1.87. The molecule has 13 heteroatoms. The number of anilines is 2. The smallest absolute Gasteiger partial charge is 0.407 e. The van der Waals surface area contributed by atoms with Crippen LogP contribution < -0.4 is 10.6 Å². The standard InChI is InChI=1S/C22H27F3N8O2/c1-12(2)27-21(34)35-17-6-13(5-15(17)23)16-7-18(31-30-16)29-20-26-4-3-19-28-14(9-33(19)20)8-32-10-22(24,25)11-32/h3-4,7,9,12-13,15,17H,5-6,8,10-11H2,1-2H3,(H,27,34)(H2,26,29,30,31)/t13-,15+,17-/m0/s1. The summed E-state index contributed by atoms with van der Waals surface area (Å²) >= 11 is 0. The second-order valence-electron chi connectivity index (χ2n) is 9.49. The minimum Gasteiger partial charge on any atom is -0.443 e. The number of halogens is 3. The van der Waals surface area contributed by atoms with E-state index in [-0.39, 0.29) is 31.5 Å². The van der Waals surface area contributed by atoms with Crippen LogP contribution in [0, 0.1) is 0 Å². The zero-order chi connectivity index (χ0) is 24.7. The third-order valence-corrected chi connectivity index (χ3v) is 6.10. The molecule has 3 atom stereocenters. The number of H-pyrrole nitrogens is 1. The molecule has 0 radical (unpaired) electrons. The van der Waals surface area contributed by atoms with Crippen LogP contribution in [0.5, 0.6) is 0 Å². The summed E-state index contributed by atoms with van der Waals surface area (Å²) < 4.78 is 47.7. The van der Waals surface area contributed by atoms with Crippen LogP contribution in [0.25, 0.3) is 5.65 Å². The molecule has 4 heterocycles. The number of carbonyl (C=O) groups excluding carboxylic acids is 1. The lowest BCUT2D eigenvalue weighted by molar-refractivity contribution is -0.134. The van der Waals surface area contributed by atoms with E-state index < -0.39 is 24.3 Å². The number of imidazole rings is 1. The number of alkyl halides is 3. The van der Waals surface area contributed by atoms with Gasteiger partial charge in [-0.3, -0.25) is 14.4 Å². The van der Waals surface area contributed by atoms with Crippen molar-refractivity contribution in [3.05, 3.63) is 35.9 Å². The number of nitrogens with zero attached hydrogens (tertiary/aromatic N) is 5. The fourth-order valence-corrected chi connectivity index (χ4v) is 4.54. The van der Waals surface area contributed by atoms with E-state index in [4.69, 9.17) is 4.74 Å². The zero-order valence-electron chi connectivity index (χ0n) is 19.3. The van der Waals surface area contributed by atoms with E-state index in [9.17, 15) is 18.0 Å². The summed E-state index contributed by atoms with van der Waals surface area (Å²) in [5, 5.41) is 12.9. The molecule has 3 aromatic rings. The topological polar surface area (TPSA) is 112 Å². The lowest BCUT2D eigenvalue weighted by Crippen LogP contribution is -2.55. The van der Waals surface area contributed by atoms with Gasteiger partial charge in [-0.05, 0) is 32.8 Å². The number of ether oxygens (including phenoxy) is 1. The highest BCUT2D eigenvalue weighted by Crippen LogP contribution is 2.38. The molecule has 1 amide bonds. The summed E-state index contributed by atoms with van der Waals surface area (Å²) in [5.41, 5.74) is 2.01. The molecule has 35 heavy (non-hydrogen) atoms. The van der Waals surface area contributed by atoms with Crippen LogP contribution in [0.1, 0.15) is 44.0 Å². The third-order valence-electron chi connectivity index (χ3n) is 6.10. The predicted molar refractivity (Wildman–Crippen MR) is 120 cm³/mol. The number of aromatic amines is 1. The largest absolute Gasteiger partial charge is 0.443 e. The first-order valence-electron chi connectivity index (χ1n) is 11.5. The van der Waals surface area contributed by atoms with Crippen molar-refractivity contribution in [2.45, 2.75) is 63.4 Å². The summed E-state index contributed by atoms with van der Waals surface area (Å²) in [4.78, 5) is 22.3. The van der Waals surface area contributed by atoms with Crippen LogP contribution in [0.4, 0.5) is 29.7 Å². The van der Waals surface area contributed by atoms with Crippen LogP contribution in [0.15, 0.2) is 24.5 Å². The summed E-state index contributed by atoms with van der Waals surface area (Å²) in [6.07, 6.45) is 1.21. The molecule has 0 unspecified atom stereocenters. The highest BCUT2D eigenvalue weighted by Gasteiger charge is 2.43. The first kappa shape index (κ1) is 23.4. The number of hydrogen-bond donors (Lipinski definition) is 3. The second-order valence-corrected chi connectivity index (χ2v) is 9.49. The van der Waals surface area contributed by atoms with Crippen LogP contribution in [0.3, 0.4) is 0 Å². The van der Waals surface area contributed by atoms with E-state index >= 15 is 0 Å². The monoisotopic (exact) mass is 492 g/mol. The van der Waals surface area contributed by atoms with E-state index in [1.807, 2.05) is 0 Å². The molecular weight excluding hydrogens is 465 g/mol. The van der Waals surface area contributed by atoms with Gasteiger partial charge in [0.25, 0.3) is 5.92 Å². The van der Waals surface area contributed by atoms with E-state index in [2.05, 4.69) is 30.8 Å². The second kappa shape index (κ2) is 9.02. The number of nitrogens with one attached hydrogen (secondary N) is 3. The fourth-order valence-electron chi connectivity index (χ4n) is 4.54. The number of carbonyl (C=O) groups is 1. The van der Waals surface area contributed by atoms with Crippen molar-refractivity contribution in [1.29, 1.82) is 0 Å². The average molecular weight is 493 g/mol. The molecule has 1 aliphatic heterocycles. The summed E-state index contributed by atoms with van der Waals surface area (Å²) in [6, 6.07) is 3.41. The zero-order valence-corrected chi connectivity index (χ0v) is 19.3. The van der Waals surface area contributed by atoms with Crippen LogP contribution in [-0.2, 0) is 11.3 Å². The first-order chi connectivity index (χ1) is 16.6. The molecule has 3 aromatic heterocycles. The number of rotatable bonds is 7. The Morgan fingerprint density at radius 3 is 2.89 bits per heavy atom. The minimum atomic E-state index is -2.63. The molecule has 2 fully saturated rings. The van der Waals surface area contributed by atoms with Crippen LogP contribution >= 0.6 is 0 Å². The van der Waals surface area contributed by atoms with Crippen molar-refractivity contribution >= 4 is 23.5 Å². The Labute approximate surface area is 199 Å². The number of fused-ring (bicyclic) bond motifs is 1. The third kappa shape index (κ3) is 5.19. The van der Waals surface area contributed by atoms with Crippen molar-refractivity contribution in [2.24, 2.45) is 0 Å². The molecule has 10 nitrogen and oxygen atoms in total. The maximum Gasteiger partial charge on any atom is 0.407 e. The van der Waals surface area contributed by atoms with Crippen molar-refractivity contribution in [3.63, 3.8) is 0 Å². The lowest BCUT2D eigenvalue weighted by atomic mass is 10.0. The Balaban J connectivity index is 1.23. The first-order valence-corrected chi connectivity index (χ1v) is 11.5. The Morgan fingerprint density at radius 1 is 1.34 bits per heavy atom. The van der Waals surface area contributed by atoms with E-state index in [0.717, 1.165) is 5.69 Å². The molecule has 1 saturated carbocycles. The van der Waals surface area contributed by atoms with Gasteiger partial charge < -0.3 is 15.4 Å². The lowest BCUT2D eigenvalue weighted by Gasteiger charge is -2.38. The number of alkyl carbamates (subject to hydrolysis) is 1. The number of likely N-dealkylation sites (tertiary alicyclic amines) is 1. The molecule has 5 rings (SSSR count). The van der Waals surface area contributed by atoms with Gasteiger partial charge in [0.05, 0.1) is 18.8 Å². The van der Waals surface area contributed by atoms with Gasteiger partial charge >= 0.3 is 6.09 Å².